The maximum absolute atomic E-state index is 12.3. The van der Waals surface area contributed by atoms with E-state index in [0.29, 0.717) is 5.76 Å². The molecule has 1 heterocycles. The number of nitrogens with zero attached hydrogens (tertiary/aromatic N) is 1. The lowest BCUT2D eigenvalue weighted by Crippen LogP contribution is -2.31. The van der Waals surface area contributed by atoms with Crippen LogP contribution >= 0.6 is 0 Å². The highest BCUT2D eigenvalue weighted by Crippen LogP contribution is 2.35. The lowest BCUT2D eigenvalue weighted by atomic mass is 10.1. The first kappa shape index (κ1) is 20.7. The molecule has 0 spiro atoms. The monoisotopic (exact) mass is 392 g/mol. The lowest BCUT2D eigenvalue weighted by molar-refractivity contribution is -0.385. The van der Waals surface area contributed by atoms with Crippen LogP contribution in [0.5, 0.6) is 11.5 Å². The van der Waals surface area contributed by atoms with Gasteiger partial charge in [0, 0.05) is 6.07 Å². The summed E-state index contributed by atoms with van der Waals surface area (Å²) in [7, 11) is 1.32. The molecule has 2 aromatic rings. The molecule has 0 fully saturated rings. The summed E-state index contributed by atoms with van der Waals surface area (Å²) in [5.74, 6) is -0.824. The molecule has 1 amide bonds. The highest BCUT2D eigenvalue weighted by atomic mass is 16.6. The summed E-state index contributed by atoms with van der Waals surface area (Å²) in [6.07, 6.45) is 1.47. The Labute approximate surface area is 160 Å². The number of furan rings is 1. The second kappa shape index (κ2) is 9.40. The van der Waals surface area contributed by atoms with Gasteiger partial charge in [0.15, 0.2) is 18.1 Å². The number of amides is 1. The third-order valence-corrected chi connectivity index (χ3v) is 3.68. The minimum atomic E-state index is -1.03. The van der Waals surface area contributed by atoms with Gasteiger partial charge in [0.05, 0.1) is 37.0 Å². The van der Waals surface area contributed by atoms with Crippen LogP contribution in [0.3, 0.4) is 0 Å². The van der Waals surface area contributed by atoms with Gasteiger partial charge in [-0.25, -0.2) is 4.79 Å². The average Bonchev–Trinajstić information content (AvgIpc) is 3.20. The molecule has 150 valence electrons. The van der Waals surface area contributed by atoms with Gasteiger partial charge < -0.3 is 23.9 Å². The fraction of sp³-hybridized carbons (Fsp3) is 0.333. The lowest BCUT2D eigenvalue weighted by Gasteiger charge is -2.13. The predicted octanol–water partition coefficient (Wildman–Crippen LogP) is 2.63. The molecule has 0 saturated carbocycles. The molecule has 1 atom stereocenters. The van der Waals surface area contributed by atoms with E-state index in [1.165, 1.54) is 13.4 Å². The zero-order chi connectivity index (χ0) is 20.7. The Morgan fingerprint density at radius 2 is 2.07 bits per heavy atom. The number of nitrogens with one attached hydrogen (secondary N) is 1. The first-order chi connectivity index (χ1) is 13.4. The van der Waals surface area contributed by atoms with Gasteiger partial charge in [-0.2, -0.15) is 0 Å². The number of benzene rings is 1. The van der Waals surface area contributed by atoms with Crippen molar-refractivity contribution < 1.29 is 33.1 Å². The summed E-state index contributed by atoms with van der Waals surface area (Å²) in [5.41, 5.74) is -0.865. The SMILES string of the molecule is CCOc1cc(C(=O)OCC(=O)N[C@H](C)c2ccco2)c([N+](=O)[O-])cc1OC. The van der Waals surface area contributed by atoms with E-state index in [2.05, 4.69) is 5.32 Å². The Balaban J connectivity index is 2.10. The number of carbonyl (C=O) groups excluding carboxylic acids is 2. The second-order valence-electron chi connectivity index (χ2n) is 5.59. The van der Waals surface area contributed by atoms with Gasteiger partial charge in [-0.1, -0.05) is 0 Å². The number of ether oxygens (including phenoxy) is 3. The van der Waals surface area contributed by atoms with Gasteiger partial charge in [0.1, 0.15) is 11.3 Å². The van der Waals surface area contributed by atoms with Crippen molar-refractivity contribution in [3.63, 3.8) is 0 Å². The zero-order valence-electron chi connectivity index (χ0n) is 15.6. The highest BCUT2D eigenvalue weighted by Gasteiger charge is 2.26. The molecule has 0 aliphatic heterocycles. The topological polar surface area (TPSA) is 130 Å². The van der Waals surface area contributed by atoms with Crippen LogP contribution in [0.2, 0.25) is 0 Å². The molecule has 10 nitrogen and oxygen atoms in total. The number of nitro benzene ring substituents is 1. The van der Waals surface area contributed by atoms with Crippen molar-refractivity contribution in [3.05, 3.63) is 52.0 Å². The van der Waals surface area contributed by atoms with E-state index >= 15 is 0 Å². The van der Waals surface area contributed by atoms with Crippen LogP contribution in [0.25, 0.3) is 0 Å². The largest absolute Gasteiger partial charge is 0.493 e. The standard InChI is InChI=1S/C18H20N2O8/c1-4-26-16-8-12(13(20(23)24)9-15(16)25-3)18(22)28-10-17(21)19-11(2)14-6-5-7-27-14/h5-9,11H,4,10H2,1-3H3,(H,19,21)/t11-/m1/s1. The molecule has 0 bridgehead atoms. The van der Waals surface area contributed by atoms with Crippen molar-refractivity contribution in [1.29, 1.82) is 0 Å². The Morgan fingerprint density at radius 3 is 2.64 bits per heavy atom. The third kappa shape index (κ3) is 5.00. The minimum absolute atomic E-state index is 0.107. The molecule has 2 rings (SSSR count). The minimum Gasteiger partial charge on any atom is -0.493 e. The van der Waals surface area contributed by atoms with E-state index < -0.39 is 35.1 Å². The average molecular weight is 392 g/mol. The molecule has 1 aromatic heterocycles. The first-order valence-electron chi connectivity index (χ1n) is 8.36. The molecule has 0 saturated heterocycles. The van der Waals surface area contributed by atoms with Crippen LogP contribution in [0.4, 0.5) is 5.69 Å². The van der Waals surface area contributed by atoms with E-state index in [0.717, 1.165) is 12.1 Å². The Kier molecular flexibility index (Phi) is 6.96. The van der Waals surface area contributed by atoms with Gasteiger partial charge in [-0.05, 0) is 26.0 Å². The van der Waals surface area contributed by atoms with Gasteiger partial charge in [-0.15, -0.1) is 0 Å². The summed E-state index contributed by atoms with van der Waals surface area (Å²) in [5, 5.41) is 13.9. The maximum Gasteiger partial charge on any atom is 0.345 e. The summed E-state index contributed by atoms with van der Waals surface area (Å²) in [4.78, 5) is 34.8. The van der Waals surface area contributed by atoms with Gasteiger partial charge in [-0.3, -0.25) is 14.9 Å². The number of methoxy groups -OCH3 is 1. The highest BCUT2D eigenvalue weighted by molar-refractivity contribution is 5.96. The van der Waals surface area contributed by atoms with Crippen LogP contribution in [-0.4, -0.2) is 37.1 Å². The predicted molar refractivity (Wildman–Crippen MR) is 96.4 cm³/mol. The zero-order valence-corrected chi connectivity index (χ0v) is 15.6. The summed E-state index contributed by atoms with van der Waals surface area (Å²) in [6.45, 7) is 3.05. The molecule has 0 aliphatic rings. The molecule has 28 heavy (non-hydrogen) atoms. The number of carbonyl (C=O) groups is 2. The first-order valence-corrected chi connectivity index (χ1v) is 8.36. The van der Waals surface area contributed by atoms with Crippen LogP contribution < -0.4 is 14.8 Å². The van der Waals surface area contributed by atoms with Crippen LogP contribution in [0, 0.1) is 10.1 Å². The number of hydrogen-bond donors (Lipinski definition) is 1. The summed E-state index contributed by atoms with van der Waals surface area (Å²) >= 11 is 0. The second-order valence-corrected chi connectivity index (χ2v) is 5.59. The van der Waals surface area contributed by atoms with Crippen LogP contribution in [0.1, 0.15) is 36.0 Å². The van der Waals surface area contributed by atoms with E-state index in [1.807, 2.05) is 0 Å². The molecule has 1 aromatic carbocycles. The number of esters is 1. The molecule has 0 aliphatic carbocycles. The Bertz CT molecular complexity index is 848. The quantitative estimate of drug-likeness (QED) is 0.391. The number of nitro groups is 1. The summed E-state index contributed by atoms with van der Waals surface area (Å²) in [6, 6.07) is 5.16. The van der Waals surface area contributed by atoms with Crippen molar-refractivity contribution >= 4 is 17.6 Å². The van der Waals surface area contributed by atoms with E-state index in [1.54, 1.807) is 26.0 Å². The van der Waals surface area contributed by atoms with E-state index in [4.69, 9.17) is 18.6 Å². The fourth-order valence-corrected chi connectivity index (χ4v) is 2.39. The van der Waals surface area contributed by atoms with Gasteiger partial charge in [0.2, 0.25) is 0 Å². The van der Waals surface area contributed by atoms with Crippen molar-refractivity contribution in [2.24, 2.45) is 0 Å². The van der Waals surface area contributed by atoms with Crippen molar-refractivity contribution in [2.45, 2.75) is 19.9 Å². The number of rotatable bonds is 9. The normalized spacial score (nSPS) is 11.4. The third-order valence-electron chi connectivity index (χ3n) is 3.68. The molecule has 0 unspecified atom stereocenters. The fourth-order valence-electron chi connectivity index (χ4n) is 2.39. The van der Waals surface area contributed by atoms with Crippen molar-refractivity contribution in [1.82, 2.24) is 5.32 Å². The Hall–Kier alpha value is -3.56. The smallest absolute Gasteiger partial charge is 0.345 e. The molecule has 1 N–H and O–H groups in total. The van der Waals surface area contributed by atoms with E-state index in [-0.39, 0.29) is 23.7 Å². The molecule has 0 radical (unpaired) electrons. The van der Waals surface area contributed by atoms with E-state index in [9.17, 15) is 19.7 Å². The van der Waals surface area contributed by atoms with Crippen LogP contribution in [-0.2, 0) is 9.53 Å². The molecular weight excluding hydrogens is 372 g/mol. The van der Waals surface area contributed by atoms with Crippen LogP contribution in [0.15, 0.2) is 34.9 Å². The molecule has 10 heteroatoms. The Morgan fingerprint density at radius 1 is 1.32 bits per heavy atom. The van der Waals surface area contributed by atoms with Gasteiger partial charge >= 0.3 is 5.97 Å². The van der Waals surface area contributed by atoms with Gasteiger partial charge in [0.25, 0.3) is 11.6 Å². The van der Waals surface area contributed by atoms with Crippen molar-refractivity contribution in [3.8, 4) is 11.5 Å². The summed E-state index contributed by atoms with van der Waals surface area (Å²) < 4.78 is 20.5. The number of hydrogen-bond acceptors (Lipinski definition) is 8. The molecular formula is C18H20N2O8. The van der Waals surface area contributed by atoms with Crippen molar-refractivity contribution in [2.75, 3.05) is 20.3 Å². The maximum atomic E-state index is 12.3.